The van der Waals surface area contributed by atoms with Gasteiger partial charge >= 0.3 is 0 Å². The number of nitrogens with zero attached hydrogens (tertiary/aromatic N) is 4. The Balaban J connectivity index is 1.86. The lowest BCUT2D eigenvalue weighted by atomic mass is 10.3. The molecule has 1 aromatic carbocycles. The van der Waals surface area contributed by atoms with Crippen LogP contribution in [0.5, 0.6) is 5.75 Å². The van der Waals surface area contributed by atoms with Gasteiger partial charge in [0.15, 0.2) is 0 Å². The van der Waals surface area contributed by atoms with Gasteiger partial charge in [0.2, 0.25) is 5.13 Å². The van der Waals surface area contributed by atoms with E-state index in [0.717, 1.165) is 22.3 Å². The molecule has 0 radical (unpaired) electrons. The Hall–Kier alpha value is -2.25. The summed E-state index contributed by atoms with van der Waals surface area (Å²) < 4.78 is 7.43. The first kappa shape index (κ1) is 12.8. The number of benzene rings is 1. The van der Waals surface area contributed by atoms with Crippen molar-refractivity contribution < 1.29 is 4.74 Å². The van der Waals surface area contributed by atoms with Crippen molar-refractivity contribution in [1.82, 2.24) is 20.0 Å². The van der Waals surface area contributed by atoms with Crippen LogP contribution in [0.25, 0.3) is 5.13 Å². The van der Waals surface area contributed by atoms with Crippen molar-refractivity contribution in [3.8, 4) is 10.9 Å². The summed E-state index contributed by atoms with van der Waals surface area (Å²) in [6, 6.07) is 9.60. The summed E-state index contributed by atoms with van der Waals surface area (Å²) in [5.41, 5.74) is 7.24. The summed E-state index contributed by atoms with van der Waals surface area (Å²) in [6.45, 7) is 0.669. The van der Waals surface area contributed by atoms with E-state index in [1.165, 1.54) is 11.3 Å². The van der Waals surface area contributed by atoms with Crippen LogP contribution in [0, 0.1) is 0 Å². The Kier molecular flexibility index (Phi) is 3.71. The van der Waals surface area contributed by atoms with Gasteiger partial charge in [-0.25, -0.2) is 4.98 Å². The number of hydrogen-bond donors (Lipinski definition) is 1. The predicted octanol–water partition coefficient (Wildman–Crippen LogP) is 1.76. The van der Waals surface area contributed by atoms with E-state index in [9.17, 15) is 0 Å². The van der Waals surface area contributed by atoms with Crippen molar-refractivity contribution in [2.24, 2.45) is 5.73 Å². The average Bonchev–Trinajstić information content (AvgIpc) is 3.14. The van der Waals surface area contributed by atoms with Gasteiger partial charge in [-0.1, -0.05) is 23.4 Å². The van der Waals surface area contributed by atoms with E-state index in [4.69, 9.17) is 10.5 Å². The van der Waals surface area contributed by atoms with Crippen LogP contribution in [0.15, 0.2) is 41.9 Å². The van der Waals surface area contributed by atoms with Crippen LogP contribution in [0.4, 0.5) is 0 Å². The van der Waals surface area contributed by atoms with Crippen LogP contribution in [-0.2, 0) is 13.2 Å². The molecule has 6 nitrogen and oxygen atoms in total. The molecule has 0 fully saturated rings. The van der Waals surface area contributed by atoms with Crippen molar-refractivity contribution >= 4 is 11.3 Å². The molecule has 3 aromatic rings. The third-order valence-corrected chi connectivity index (χ3v) is 3.50. The maximum Gasteiger partial charge on any atom is 0.212 e. The normalized spacial score (nSPS) is 10.7. The molecule has 2 N–H and O–H groups in total. The third-order valence-electron chi connectivity index (χ3n) is 2.76. The summed E-state index contributed by atoms with van der Waals surface area (Å²) in [6.07, 6.45) is 1.73. The van der Waals surface area contributed by atoms with E-state index in [1.807, 2.05) is 35.7 Å². The maximum absolute atomic E-state index is 5.75. The van der Waals surface area contributed by atoms with Crippen molar-refractivity contribution in [3.63, 3.8) is 0 Å². The zero-order valence-corrected chi connectivity index (χ0v) is 11.5. The second-order valence-corrected chi connectivity index (χ2v) is 4.89. The molecule has 20 heavy (non-hydrogen) atoms. The fourth-order valence-electron chi connectivity index (χ4n) is 1.78. The second-order valence-electron chi connectivity index (χ2n) is 4.02. The number of aromatic nitrogens is 4. The predicted molar refractivity (Wildman–Crippen MR) is 75.7 cm³/mol. The molecule has 7 heteroatoms. The quantitative estimate of drug-likeness (QED) is 0.773. The van der Waals surface area contributed by atoms with Gasteiger partial charge in [0.1, 0.15) is 23.7 Å². The minimum atomic E-state index is 0.318. The van der Waals surface area contributed by atoms with Crippen LogP contribution in [-0.4, -0.2) is 20.0 Å². The molecule has 0 saturated carbocycles. The first-order chi connectivity index (χ1) is 9.88. The number of thiazole rings is 1. The fourth-order valence-corrected chi connectivity index (χ4v) is 2.39. The molecular weight excluding hydrogens is 274 g/mol. The van der Waals surface area contributed by atoms with E-state index in [-0.39, 0.29) is 0 Å². The van der Waals surface area contributed by atoms with Crippen LogP contribution in [0.1, 0.15) is 11.4 Å². The van der Waals surface area contributed by atoms with Crippen LogP contribution in [0.3, 0.4) is 0 Å². The lowest BCUT2D eigenvalue weighted by Gasteiger charge is -2.07. The summed E-state index contributed by atoms with van der Waals surface area (Å²) in [7, 11) is 0. The molecule has 0 amide bonds. The molecule has 0 atom stereocenters. The monoisotopic (exact) mass is 287 g/mol. The Morgan fingerprint density at radius 1 is 1.25 bits per heavy atom. The molecule has 0 aliphatic rings. The minimum Gasteiger partial charge on any atom is -0.487 e. The Bertz CT molecular complexity index is 665. The van der Waals surface area contributed by atoms with E-state index in [2.05, 4.69) is 15.3 Å². The fraction of sp³-hybridized carbons (Fsp3) is 0.154. The van der Waals surface area contributed by atoms with Gasteiger partial charge in [0.05, 0.1) is 0 Å². The number of hydrogen-bond acceptors (Lipinski definition) is 6. The lowest BCUT2D eigenvalue weighted by molar-refractivity contribution is 0.296. The van der Waals surface area contributed by atoms with Gasteiger partial charge in [-0.15, -0.1) is 16.4 Å². The number of ether oxygens (including phenoxy) is 1. The molecule has 0 saturated heterocycles. The van der Waals surface area contributed by atoms with Crippen LogP contribution < -0.4 is 10.5 Å². The van der Waals surface area contributed by atoms with Gasteiger partial charge in [0, 0.05) is 18.1 Å². The Labute approximate surface area is 119 Å². The summed E-state index contributed by atoms with van der Waals surface area (Å²) in [5, 5.41) is 10.8. The van der Waals surface area contributed by atoms with Crippen LogP contribution in [0.2, 0.25) is 0 Å². The molecule has 0 bridgehead atoms. The number of nitrogens with two attached hydrogens (primary N) is 1. The van der Waals surface area contributed by atoms with E-state index >= 15 is 0 Å². The summed E-state index contributed by atoms with van der Waals surface area (Å²) in [5.74, 6) is 0.794. The largest absolute Gasteiger partial charge is 0.487 e. The van der Waals surface area contributed by atoms with Crippen molar-refractivity contribution in [2.75, 3.05) is 0 Å². The topological polar surface area (TPSA) is 78.9 Å². The highest BCUT2D eigenvalue weighted by atomic mass is 32.1. The first-order valence-electron chi connectivity index (χ1n) is 6.09. The van der Waals surface area contributed by atoms with Crippen molar-refractivity contribution in [3.05, 3.63) is 53.3 Å². The minimum absolute atomic E-state index is 0.318. The number of para-hydroxylation sites is 1. The van der Waals surface area contributed by atoms with E-state index < -0.39 is 0 Å². The molecular formula is C13H13N5OS. The van der Waals surface area contributed by atoms with Gasteiger partial charge < -0.3 is 10.5 Å². The Morgan fingerprint density at radius 2 is 2.10 bits per heavy atom. The molecule has 0 aliphatic carbocycles. The second kappa shape index (κ2) is 5.81. The highest BCUT2D eigenvalue weighted by molar-refractivity contribution is 7.12. The molecule has 3 rings (SSSR count). The summed E-state index contributed by atoms with van der Waals surface area (Å²) >= 11 is 1.49. The molecule has 2 aromatic heterocycles. The standard InChI is InChI=1S/C13H13N5OS/c14-8-11-12(9-19-10-4-2-1-3-5-10)18(17-16-11)13-15-6-7-20-13/h1-7H,8-9,14H2. The molecule has 102 valence electrons. The maximum atomic E-state index is 5.75. The average molecular weight is 287 g/mol. The smallest absolute Gasteiger partial charge is 0.212 e. The van der Waals surface area contributed by atoms with Crippen molar-refractivity contribution in [1.29, 1.82) is 0 Å². The molecule has 0 spiro atoms. The zero-order valence-electron chi connectivity index (χ0n) is 10.6. The van der Waals surface area contributed by atoms with Crippen molar-refractivity contribution in [2.45, 2.75) is 13.2 Å². The molecule has 0 aliphatic heterocycles. The number of rotatable bonds is 5. The zero-order chi connectivity index (χ0) is 13.8. The van der Waals surface area contributed by atoms with Crippen LogP contribution >= 0.6 is 11.3 Å². The molecule has 0 unspecified atom stereocenters. The third kappa shape index (κ3) is 2.54. The highest BCUT2D eigenvalue weighted by Gasteiger charge is 2.15. The first-order valence-corrected chi connectivity index (χ1v) is 6.97. The van der Waals surface area contributed by atoms with Gasteiger partial charge in [-0.2, -0.15) is 4.68 Å². The van der Waals surface area contributed by atoms with E-state index in [0.29, 0.717) is 13.2 Å². The molecule has 2 heterocycles. The Morgan fingerprint density at radius 3 is 2.80 bits per heavy atom. The van der Waals surface area contributed by atoms with Gasteiger partial charge in [-0.3, -0.25) is 0 Å². The lowest BCUT2D eigenvalue weighted by Crippen LogP contribution is -2.09. The van der Waals surface area contributed by atoms with Gasteiger partial charge in [0.25, 0.3) is 0 Å². The highest BCUT2D eigenvalue weighted by Crippen LogP contribution is 2.17. The van der Waals surface area contributed by atoms with E-state index in [1.54, 1.807) is 10.9 Å². The summed E-state index contributed by atoms with van der Waals surface area (Å²) in [4.78, 5) is 4.23. The SMILES string of the molecule is NCc1nnn(-c2nccs2)c1COc1ccccc1. The van der Waals surface area contributed by atoms with Gasteiger partial charge in [-0.05, 0) is 12.1 Å².